The molecule has 0 aromatic carbocycles. The topological polar surface area (TPSA) is 49.3 Å². The molecule has 0 spiro atoms. The van der Waals surface area contributed by atoms with Gasteiger partial charge in [-0.3, -0.25) is 4.99 Å². The second kappa shape index (κ2) is 13.4. The molecule has 0 aliphatic carbocycles. The lowest BCUT2D eigenvalue weighted by atomic mass is 10.3. The Labute approximate surface area is 160 Å². The number of nitrogens with zero attached hydrogens (tertiary/aromatic N) is 2. The number of halogens is 1. The zero-order valence-electron chi connectivity index (χ0n) is 14.1. The summed E-state index contributed by atoms with van der Waals surface area (Å²) in [5.74, 6) is 2.15. The van der Waals surface area contributed by atoms with Crippen LogP contribution in [0.15, 0.2) is 4.99 Å². The van der Waals surface area contributed by atoms with E-state index in [-0.39, 0.29) is 24.0 Å². The Balaban J connectivity index is 0.00000441. The molecule has 22 heavy (non-hydrogen) atoms. The molecule has 0 aliphatic rings. The van der Waals surface area contributed by atoms with Crippen LogP contribution >= 0.6 is 47.1 Å². The highest BCUT2D eigenvalue weighted by Gasteiger charge is 2.04. The molecule has 0 unspecified atom stereocenters. The SMILES string of the molecule is CCNC(=NCCCCSC)NCCc1nc(C)c(C)s1.I. The Hall–Kier alpha value is -0.0200. The van der Waals surface area contributed by atoms with Crippen LogP contribution in [0.2, 0.25) is 0 Å². The van der Waals surface area contributed by atoms with Gasteiger partial charge in [0.1, 0.15) is 0 Å². The van der Waals surface area contributed by atoms with Crippen LogP contribution in [-0.2, 0) is 6.42 Å². The zero-order valence-corrected chi connectivity index (χ0v) is 18.0. The third-order valence-electron chi connectivity index (χ3n) is 3.07. The van der Waals surface area contributed by atoms with Gasteiger partial charge in [0.05, 0.1) is 10.7 Å². The van der Waals surface area contributed by atoms with E-state index >= 15 is 0 Å². The van der Waals surface area contributed by atoms with Crippen LogP contribution in [-0.4, -0.2) is 42.6 Å². The van der Waals surface area contributed by atoms with Crippen molar-refractivity contribution in [2.45, 2.75) is 40.0 Å². The molecule has 0 fully saturated rings. The second-order valence-corrected chi connectivity index (χ2v) is 7.16. The van der Waals surface area contributed by atoms with Gasteiger partial charge in [-0.1, -0.05) is 0 Å². The average molecular weight is 456 g/mol. The van der Waals surface area contributed by atoms with Crippen LogP contribution in [0.25, 0.3) is 0 Å². The molecule has 2 N–H and O–H groups in total. The number of aromatic nitrogens is 1. The van der Waals surface area contributed by atoms with E-state index in [1.165, 1.54) is 22.1 Å². The first kappa shape index (κ1) is 22.0. The predicted molar refractivity (Wildman–Crippen MR) is 112 cm³/mol. The molecule has 1 aromatic heterocycles. The lowest BCUT2D eigenvalue weighted by molar-refractivity contribution is 0.769. The first-order chi connectivity index (χ1) is 10.2. The molecule has 1 aromatic rings. The normalized spacial score (nSPS) is 11.2. The molecule has 0 aliphatic heterocycles. The predicted octanol–water partition coefficient (Wildman–Crippen LogP) is 3.62. The maximum atomic E-state index is 4.61. The highest BCUT2D eigenvalue weighted by molar-refractivity contribution is 14.0. The number of guanidine groups is 1. The fraction of sp³-hybridized carbons (Fsp3) is 0.733. The summed E-state index contributed by atoms with van der Waals surface area (Å²) in [6.07, 6.45) is 5.50. The van der Waals surface area contributed by atoms with Gasteiger partial charge in [0, 0.05) is 30.9 Å². The van der Waals surface area contributed by atoms with Crippen molar-refractivity contribution in [3.8, 4) is 0 Å². The maximum absolute atomic E-state index is 4.61. The molecule has 4 nitrogen and oxygen atoms in total. The van der Waals surface area contributed by atoms with E-state index in [1.54, 1.807) is 11.3 Å². The standard InChI is InChI=1S/C15H28N4S2.HI/c1-5-16-15(17-9-6-7-11-20-4)18-10-8-14-19-12(2)13(3)21-14;/h5-11H2,1-4H3,(H2,16,17,18);1H. The van der Waals surface area contributed by atoms with Crippen LogP contribution in [0, 0.1) is 13.8 Å². The number of aryl methyl sites for hydroxylation is 2. The Kier molecular flexibility index (Phi) is 13.4. The molecular formula is C15H29IN4S2. The molecular weight excluding hydrogens is 427 g/mol. The van der Waals surface area contributed by atoms with E-state index in [4.69, 9.17) is 0 Å². The Morgan fingerprint density at radius 1 is 1.27 bits per heavy atom. The summed E-state index contributed by atoms with van der Waals surface area (Å²) in [6, 6.07) is 0. The Bertz CT molecular complexity index is 416. The number of aliphatic imine (C=N–C) groups is 1. The smallest absolute Gasteiger partial charge is 0.191 e. The van der Waals surface area contributed by atoms with Crippen molar-refractivity contribution < 1.29 is 0 Å². The van der Waals surface area contributed by atoms with Gasteiger partial charge in [0.25, 0.3) is 0 Å². The monoisotopic (exact) mass is 456 g/mol. The number of nitrogens with one attached hydrogen (secondary N) is 2. The van der Waals surface area contributed by atoms with Gasteiger partial charge < -0.3 is 10.6 Å². The van der Waals surface area contributed by atoms with Gasteiger partial charge >= 0.3 is 0 Å². The summed E-state index contributed by atoms with van der Waals surface area (Å²) < 4.78 is 0. The molecule has 0 saturated carbocycles. The summed E-state index contributed by atoms with van der Waals surface area (Å²) in [5, 5.41) is 7.88. The van der Waals surface area contributed by atoms with Crippen LogP contribution < -0.4 is 10.6 Å². The molecule has 0 saturated heterocycles. The fourth-order valence-electron chi connectivity index (χ4n) is 1.82. The zero-order chi connectivity index (χ0) is 15.5. The van der Waals surface area contributed by atoms with Gasteiger partial charge in [-0.15, -0.1) is 35.3 Å². The fourth-order valence-corrected chi connectivity index (χ4v) is 3.25. The highest BCUT2D eigenvalue weighted by Crippen LogP contribution is 2.16. The van der Waals surface area contributed by atoms with Gasteiger partial charge in [-0.2, -0.15) is 11.8 Å². The summed E-state index contributed by atoms with van der Waals surface area (Å²) >= 11 is 3.69. The molecule has 1 heterocycles. The number of thioether (sulfide) groups is 1. The quantitative estimate of drug-likeness (QED) is 0.258. The van der Waals surface area contributed by atoms with E-state index < -0.39 is 0 Å². The van der Waals surface area contributed by atoms with Crippen molar-refractivity contribution in [2.75, 3.05) is 31.6 Å². The first-order valence-corrected chi connectivity index (χ1v) is 9.82. The molecule has 128 valence electrons. The van der Waals surface area contributed by atoms with Crippen LogP contribution in [0.5, 0.6) is 0 Å². The second-order valence-electron chi connectivity index (χ2n) is 4.89. The van der Waals surface area contributed by atoms with Gasteiger partial charge in [0.15, 0.2) is 5.96 Å². The van der Waals surface area contributed by atoms with E-state index in [1.807, 2.05) is 11.8 Å². The minimum atomic E-state index is 0. The number of unbranched alkanes of at least 4 members (excludes halogenated alkanes) is 1. The summed E-state index contributed by atoms with van der Waals surface area (Å²) in [6.45, 7) is 8.96. The van der Waals surface area contributed by atoms with Crippen molar-refractivity contribution in [1.82, 2.24) is 15.6 Å². The molecule has 0 atom stereocenters. The number of hydrogen-bond acceptors (Lipinski definition) is 4. The number of hydrogen-bond donors (Lipinski definition) is 2. The number of thiazole rings is 1. The van der Waals surface area contributed by atoms with Crippen molar-refractivity contribution >= 4 is 53.0 Å². The lowest BCUT2D eigenvalue weighted by Crippen LogP contribution is -2.38. The van der Waals surface area contributed by atoms with Crippen LogP contribution in [0.1, 0.15) is 35.3 Å². The largest absolute Gasteiger partial charge is 0.357 e. The van der Waals surface area contributed by atoms with Gasteiger partial charge in [-0.25, -0.2) is 4.98 Å². The van der Waals surface area contributed by atoms with E-state index in [2.05, 4.69) is 47.6 Å². The molecule has 1 rings (SSSR count). The molecule has 0 amide bonds. The van der Waals surface area contributed by atoms with E-state index in [9.17, 15) is 0 Å². The lowest BCUT2D eigenvalue weighted by Gasteiger charge is -2.10. The molecule has 7 heteroatoms. The summed E-state index contributed by atoms with van der Waals surface area (Å²) in [7, 11) is 0. The highest BCUT2D eigenvalue weighted by atomic mass is 127. The summed E-state index contributed by atoms with van der Waals surface area (Å²) in [4.78, 5) is 10.5. The van der Waals surface area contributed by atoms with Crippen LogP contribution in [0.3, 0.4) is 0 Å². The third kappa shape index (κ3) is 9.19. The Morgan fingerprint density at radius 2 is 2.05 bits per heavy atom. The van der Waals surface area contributed by atoms with Gasteiger partial charge in [0.2, 0.25) is 0 Å². The van der Waals surface area contributed by atoms with Crippen molar-refractivity contribution in [2.24, 2.45) is 4.99 Å². The average Bonchev–Trinajstić information content (AvgIpc) is 2.77. The van der Waals surface area contributed by atoms with E-state index in [0.717, 1.165) is 44.1 Å². The number of rotatable bonds is 9. The molecule has 0 bridgehead atoms. The maximum Gasteiger partial charge on any atom is 0.191 e. The third-order valence-corrected chi connectivity index (χ3v) is 4.90. The van der Waals surface area contributed by atoms with Crippen molar-refractivity contribution in [1.29, 1.82) is 0 Å². The minimum Gasteiger partial charge on any atom is -0.357 e. The van der Waals surface area contributed by atoms with Crippen molar-refractivity contribution in [3.63, 3.8) is 0 Å². The van der Waals surface area contributed by atoms with Gasteiger partial charge in [-0.05, 0) is 45.6 Å². The minimum absolute atomic E-state index is 0. The molecule has 0 radical (unpaired) electrons. The Morgan fingerprint density at radius 3 is 2.64 bits per heavy atom. The van der Waals surface area contributed by atoms with Crippen molar-refractivity contribution in [3.05, 3.63) is 15.6 Å². The van der Waals surface area contributed by atoms with Crippen LogP contribution in [0.4, 0.5) is 0 Å². The van der Waals surface area contributed by atoms with E-state index in [0.29, 0.717) is 0 Å². The first-order valence-electron chi connectivity index (χ1n) is 7.61. The summed E-state index contributed by atoms with van der Waals surface area (Å²) in [5.41, 5.74) is 1.16.